The topological polar surface area (TPSA) is 70.6 Å². The van der Waals surface area contributed by atoms with Crippen LogP contribution in [0.15, 0.2) is 36.4 Å². The van der Waals surface area contributed by atoms with E-state index in [1.54, 1.807) is 12.1 Å². The molecular weight excluding hydrogens is 364 g/mol. The second-order valence-electron chi connectivity index (χ2n) is 8.24. The van der Waals surface area contributed by atoms with E-state index in [2.05, 4.69) is 34.9 Å². The number of hydrogen-bond acceptors (Lipinski definition) is 3. The van der Waals surface area contributed by atoms with Crippen LogP contribution in [0.3, 0.4) is 0 Å². The molecule has 0 unspecified atom stereocenters. The van der Waals surface area contributed by atoms with E-state index in [1.165, 1.54) is 5.56 Å². The molecule has 0 bridgehead atoms. The molecule has 1 saturated heterocycles. The number of amides is 2. The molecule has 2 aliphatic heterocycles. The van der Waals surface area contributed by atoms with Crippen LogP contribution < -0.4 is 15.4 Å². The number of carbonyl (C=O) groups is 1. The zero-order chi connectivity index (χ0) is 19.4. The lowest BCUT2D eigenvalue weighted by Crippen LogP contribution is -2.69. The summed E-state index contributed by atoms with van der Waals surface area (Å²) < 4.78 is 6.29. The standard InChI is InChI=1S/C21H23ClN2O3/c1-12-4-6-13(7-5-12)15-10-21(11-20(2,3)23-19(26)24-21)27-18-9-17(25)16(22)8-14(15)18/h4-9,15,25H,10-11H2,1-3H3,(H2,23,24,26)/t15-,21-/m0/s1. The number of phenols is 1. The number of ether oxygens (including phenoxy) is 1. The third-order valence-electron chi connectivity index (χ3n) is 5.29. The lowest BCUT2D eigenvalue weighted by molar-refractivity contribution is -0.0236. The van der Waals surface area contributed by atoms with Crippen molar-refractivity contribution in [3.05, 3.63) is 58.1 Å². The Morgan fingerprint density at radius 2 is 1.89 bits per heavy atom. The van der Waals surface area contributed by atoms with E-state index < -0.39 is 11.3 Å². The van der Waals surface area contributed by atoms with E-state index in [-0.39, 0.29) is 17.7 Å². The summed E-state index contributed by atoms with van der Waals surface area (Å²) in [7, 11) is 0. The lowest BCUT2D eigenvalue weighted by Gasteiger charge is -2.49. The Hall–Kier alpha value is -2.40. The van der Waals surface area contributed by atoms with Crippen molar-refractivity contribution in [1.82, 2.24) is 10.6 Å². The molecule has 1 fully saturated rings. The third-order valence-corrected chi connectivity index (χ3v) is 5.60. The summed E-state index contributed by atoms with van der Waals surface area (Å²) in [5, 5.41) is 16.3. The zero-order valence-electron chi connectivity index (χ0n) is 15.6. The van der Waals surface area contributed by atoms with Crippen LogP contribution in [0, 0.1) is 6.92 Å². The molecule has 2 aromatic carbocycles. The molecule has 142 valence electrons. The monoisotopic (exact) mass is 386 g/mol. The molecule has 2 heterocycles. The van der Waals surface area contributed by atoms with Crippen LogP contribution in [0.1, 0.15) is 49.3 Å². The molecule has 27 heavy (non-hydrogen) atoms. The maximum atomic E-state index is 12.3. The molecule has 0 saturated carbocycles. The minimum Gasteiger partial charge on any atom is -0.506 e. The number of fused-ring (bicyclic) bond motifs is 1. The molecule has 2 amide bonds. The average molecular weight is 387 g/mol. The zero-order valence-corrected chi connectivity index (χ0v) is 16.4. The van der Waals surface area contributed by atoms with Gasteiger partial charge >= 0.3 is 6.03 Å². The summed E-state index contributed by atoms with van der Waals surface area (Å²) in [6, 6.07) is 11.4. The number of hydrogen-bond donors (Lipinski definition) is 3. The number of rotatable bonds is 1. The van der Waals surface area contributed by atoms with Gasteiger partial charge in [-0.25, -0.2) is 4.79 Å². The van der Waals surface area contributed by atoms with Gasteiger partial charge in [0, 0.05) is 35.9 Å². The third kappa shape index (κ3) is 3.32. The summed E-state index contributed by atoms with van der Waals surface area (Å²) in [6.45, 7) is 6.01. The molecule has 6 heteroatoms. The van der Waals surface area contributed by atoms with Crippen molar-refractivity contribution >= 4 is 17.6 Å². The van der Waals surface area contributed by atoms with Crippen molar-refractivity contribution in [2.24, 2.45) is 0 Å². The van der Waals surface area contributed by atoms with Crippen LogP contribution in [-0.2, 0) is 0 Å². The van der Waals surface area contributed by atoms with E-state index in [9.17, 15) is 9.90 Å². The van der Waals surface area contributed by atoms with Crippen molar-refractivity contribution in [3.8, 4) is 11.5 Å². The fourth-order valence-corrected chi connectivity index (χ4v) is 4.41. The minimum atomic E-state index is -0.853. The Balaban J connectivity index is 1.84. The van der Waals surface area contributed by atoms with Gasteiger partial charge < -0.3 is 20.5 Å². The van der Waals surface area contributed by atoms with Crippen molar-refractivity contribution in [2.45, 2.75) is 50.8 Å². The Kier molecular flexibility index (Phi) is 4.04. The Labute approximate surface area is 163 Å². The van der Waals surface area contributed by atoms with E-state index in [4.69, 9.17) is 16.3 Å². The number of aryl methyl sites for hydroxylation is 1. The highest BCUT2D eigenvalue weighted by molar-refractivity contribution is 6.32. The Bertz CT molecular complexity index is 910. The van der Waals surface area contributed by atoms with Crippen molar-refractivity contribution in [1.29, 1.82) is 0 Å². The van der Waals surface area contributed by atoms with Gasteiger partial charge in [0.05, 0.1) is 5.02 Å². The fourth-order valence-electron chi connectivity index (χ4n) is 4.24. The normalized spacial score (nSPS) is 25.9. The van der Waals surface area contributed by atoms with Crippen molar-refractivity contribution in [2.75, 3.05) is 0 Å². The smallest absolute Gasteiger partial charge is 0.318 e. The number of benzene rings is 2. The molecule has 3 N–H and O–H groups in total. The lowest BCUT2D eigenvalue weighted by atomic mass is 9.77. The first-order valence-electron chi connectivity index (χ1n) is 9.05. The van der Waals surface area contributed by atoms with Gasteiger partial charge in [0.2, 0.25) is 0 Å². The van der Waals surface area contributed by atoms with Gasteiger partial charge in [-0.15, -0.1) is 0 Å². The molecule has 5 nitrogen and oxygen atoms in total. The van der Waals surface area contributed by atoms with Crippen LogP contribution in [-0.4, -0.2) is 22.4 Å². The number of phenolic OH excluding ortho intramolecular Hbond substituents is 1. The van der Waals surface area contributed by atoms with E-state index in [1.807, 2.05) is 20.8 Å². The van der Waals surface area contributed by atoms with Gasteiger partial charge in [-0.3, -0.25) is 0 Å². The highest BCUT2D eigenvalue weighted by Crippen LogP contribution is 2.49. The molecule has 0 aliphatic carbocycles. The molecule has 0 radical (unpaired) electrons. The van der Waals surface area contributed by atoms with Gasteiger partial charge in [-0.1, -0.05) is 41.4 Å². The predicted octanol–water partition coefficient (Wildman–Crippen LogP) is 4.45. The highest BCUT2D eigenvalue weighted by atomic mass is 35.5. The van der Waals surface area contributed by atoms with Crippen LogP contribution in [0.4, 0.5) is 4.79 Å². The van der Waals surface area contributed by atoms with Gasteiger partial charge in [0.25, 0.3) is 0 Å². The molecular formula is C21H23ClN2O3. The van der Waals surface area contributed by atoms with Crippen LogP contribution in [0.5, 0.6) is 11.5 Å². The van der Waals surface area contributed by atoms with Gasteiger partial charge in [0.15, 0.2) is 5.72 Å². The van der Waals surface area contributed by atoms with Gasteiger partial charge in [-0.2, -0.15) is 0 Å². The first kappa shape index (κ1) is 18.0. The van der Waals surface area contributed by atoms with E-state index in [0.717, 1.165) is 11.1 Å². The second-order valence-corrected chi connectivity index (χ2v) is 8.65. The van der Waals surface area contributed by atoms with Gasteiger partial charge in [0.1, 0.15) is 11.5 Å². The first-order chi connectivity index (χ1) is 12.7. The Morgan fingerprint density at radius 1 is 1.19 bits per heavy atom. The van der Waals surface area contributed by atoms with E-state index in [0.29, 0.717) is 23.6 Å². The average Bonchev–Trinajstić information content (AvgIpc) is 2.54. The molecule has 2 atom stereocenters. The minimum absolute atomic E-state index is 0.0124. The predicted molar refractivity (Wildman–Crippen MR) is 104 cm³/mol. The number of carbonyl (C=O) groups excluding carboxylic acids is 1. The Morgan fingerprint density at radius 3 is 2.56 bits per heavy atom. The summed E-state index contributed by atoms with van der Waals surface area (Å²) in [5.74, 6) is 0.503. The summed E-state index contributed by atoms with van der Waals surface area (Å²) in [6.07, 6.45) is 1.18. The summed E-state index contributed by atoms with van der Waals surface area (Å²) in [4.78, 5) is 12.3. The van der Waals surface area contributed by atoms with Crippen LogP contribution in [0.2, 0.25) is 5.02 Å². The highest BCUT2D eigenvalue weighted by Gasteiger charge is 2.49. The van der Waals surface area contributed by atoms with Crippen molar-refractivity contribution < 1.29 is 14.6 Å². The quantitative estimate of drug-likeness (QED) is 0.678. The van der Waals surface area contributed by atoms with Crippen molar-refractivity contribution in [3.63, 3.8) is 0 Å². The maximum absolute atomic E-state index is 12.3. The summed E-state index contributed by atoms with van der Waals surface area (Å²) >= 11 is 6.18. The number of urea groups is 1. The molecule has 2 aliphatic rings. The van der Waals surface area contributed by atoms with Gasteiger partial charge in [-0.05, 0) is 32.4 Å². The SMILES string of the molecule is Cc1ccc([C@@H]2C[C@@]3(CC(C)(C)NC(=O)N3)Oc3cc(O)c(Cl)cc32)cc1. The largest absolute Gasteiger partial charge is 0.506 e. The maximum Gasteiger partial charge on any atom is 0.318 e. The number of aromatic hydroxyl groups is 1. The fraction of sp³-hybridized carbons (Fsp3) is 0.381. The van der Waals surface area contributed by atoms with E-state index >= 15 is 0 Å². The number of nitrogens with one attached hydrogen (secondary N) is 2. The second kappa shape index (κ2) is 6.06. The van der Waals surface area contributed by atoms with Crippen LogP contribution in [0.25, 0.3) is 0 Å². The molecule has 1 spiro atoms. The molecule has 4 rings (SSSR count). The molecule has 0 aromatic heterocycles. The number of halogens is 1. The summed E-state index contributed by atoms with van der Waals surface area (Å²) in [5.41, 5.74) is 1.95. The van der Waals surface area contributed by atoms with Crippen LogP contribution >= 0.6 is 11.6 Å². The molecule has 2 aromatic rings. The first-order valence-corrected chi connectivity index (χ1v) is 9.43.